The van der Waals surface area contributed by atoms with Crippen LogP contribution in [0.4, 0.5) is 5.69 Å². The van der Waals surface area contributed by atoms with Crippen LogP contribution in [0.15, 0.2) is 56.8 Å². The van der Waals surface area contributed by atoms with Crippen LogP contribution in [0.1, 0.15) is 137 Å². The van der Waals surface area contributed by atoms with Gasteiger partial charge in [-0.15, -0.1) is 0 Å². The Kier molecular flexibility index (Phi) is 13.5. The average molecular weight is 865 g/mol. The van der Waals surface area contributed by atoms with Crippen LogP contribution in [-0.4, -0.2) is 92.6 Å². The Morgan fingerprint density at radius 2 is 1.79 bits per heavy atom. The van der Waals surface area contributed by atoms with E-state index >= 15 is 0 Å². The summed E-state index contributed by atoms with van der Waals surface area (Å²) < 4.78 is 17.0. The van der Waals surface area contributed by atoms with Crippen LogP contribution in [0.25, 0.3) is 11.0 Å². The fourth-order valence-electron chi connectivity index (χ4n) is 9.22. The number of anilines is 1. The highest BCUT2D eigenvalue weighted by molar-refractivity contribution is 6.03. The minimum absolute atomic E-state index is 0.0719. The number of fused-ring (bicyclic) bond motifs is 1. The third-order valence-corrected chi connectivity index (χ3v) is 13.0. The lowest BCUT2D eigenvalue weighted by Gasteiger charge is -2.31. The number of aromatic nitrogens is 5. The van der Waals surface area contributed by atoms with Crippen molar-refractivity contribution in [3.05, 3.63) is 75.9 Å². The van der Waals surface area contributed by atoms with E-state index in [1.807, 2.05) is 36.7 Å². The lowest BCUT2D eigenvalue weighted by molar-refractivity contribution is -0.135. The second-order valence-electron chi connectivity index (χ2n) is 19.2. The zero-order chi connectivity index (χ0) is 44.3. The maximum Gasteiger partial charge on any atom is 0.329 e. The number of carbonyl (C=O) groups is 3. The monoisotopic (exact) mass is 865 g/mol. The zero-order valence-electron chi connectivity index (χ0n) is 37.5. The molecule has 16 nitrogen and oxygen atoms in total. The van der Waals surface area contributed by atoms with Gasteiger partial charge in [0.2, 0.25) is 17.7 Å². The Morgan fingerprint density at radius 3 is 2.56 bits per heavy atom. The predicted molar refractivity (Wildman–Crippen MR) is 241 cm³/mol. The van der Waals surface area contributed by atoms with Crippen molar-refractivity contribution in [2.24, 2.45) is 23.9 Å². The van der Waals surface area contributed by atoms with E-state index in [0.717, 1.165) is 93.1 Å². The standard InChI is InChI=1S/C47H64N10O6/c1-47(2,3)42-35(50-43(59)36-29-63-45(51-36)33-19-20-48-40(25-33)49-26-31-9-10-31)28-56(53-42)34-14-11-32(12-15-34)27-54(4)21-7-23-62-22-6-8-30-13-16-37-39(24-30)55(5)46(61)57(37)38-17-18-41(58)52-44(38)60/h13,16,20,24-25,28-29,31-34,38,49H,6-12,14-15,17-19,21-23,26-27H2,1-5H3,(H,50,59)(H,52,58,60). The number of aryl methyl sites for hydroxylation is 2. The average Bonchev–Trinajstić information content (AvgIpc) is 3.66. The fourth-order valence-corrected chi connectivity index (χ4v) is 9.22. The Labute approximate surface area is 368 Å². The molecule has 0 bridgehead atoms. The van der Waals surface area contributed by atoms with Crippen molar-refractivity contribution >= 4 is 40.7 Å². The molecule has 8 rings (SSSR count). The zero-order valence-corrected chi connectivity index (χ0v) is 37.5. The summed E-state index contributed by atoms with van der Waals surface area (Å²) in [4.78, 5) is 62.3. The molecule has 4 aliphatic rings. The maximum atomic E-state index is 13.5. The van der Waals surface area contributed by atoms with Crippen LogP contribution in [0, 0.1) is 11.8 Å². The van der Waals surface area contributed by atoms with Crippen LogP contribution in [0.2, 0.25) is 0 Å². The molecule has 2 aliphatic carbocycles. The molecule has 3 amide bonds. The number of carbonyl (C=O) groups excluding carboxylic acids is 3. The van der Waals surface area contributed by atoms with Gasteiger partial charge in [0.25, 0.3) is 5.91 Å². The number of ether oxygens (including phenoxy) is 1. The van der Waals surface area contributed by atoms with Crippen LogP contribution >= 0.6 is 0 Å². The molecule has 0 radical (unpaired) electrons. The number of piperidine rings is 1. The van der Waals surface area contributed by atoms with E-state index in [1.54, 1.807) is 11.6 Å². The van der Waals surface area contributed by atoms with Crippen molar-refractivity contribution in [1.82, 2.24) is 39.4 Å². The van der Waals surface area contributed by atoms with E-state index < -0.39 is 11.9 Å². The van der Waals surface area contributed by atoms with Crippen molar-refractivity contribution < 1.29 is 23.5 Å². The number of rotatable bonds is 18. The Bertz CT molecular complexity index is 2400. The molecule has 2 saturated carbocycles. The molecule has 4 aromatic rings. The van der Waals surface area contributed by atoms with Gasteiger partial charge in [-0.1, -0.05) is 26.8 Å². The van der Waals surface area contributed by atoms with Gasteiger partial charge >= 0.3 is 5.69 Å². The molecule has 338 valence electrons. The lowest BCUT2D eigenvalue weighted by Crippen LogP contribution is -2.44. The normalized spacial score (nSPS) is 21.8. The van der Waals surface area contributed by atoms with Crippen molar-refractivity contribution in [2.75, 3.05) is 45.2 Å². The summed E-state index contributed by atoms with van der Waals surface area (Å²) in [5, 5.41) is 13.9. The molecular weight excluding hydrogens is 801 g/mol. The number of imide groups is 1. The molecule has 0 spiro atoms. The van der Waals surface area contributed by atoms with E-state index in [-0.39, 0.29) is 47.0 Å². The van der Waals surface area contributed by atoms with E-state index in [4.69, 9.17) is 14.3 Å². The highest BCUT2D eigenvalue weighted by Crippen LogP contribution is 2.36. The van der Waals surface area contributed by atoms with Gasteiger partial charge < -0.3 is 24.7 Å². The molecule has 16 heteroatoms. The first-order valence-corrected chi connectivity index (χ1v) is 22.9. The second-order valence-corrected chi connectivity index (χ2v) is 19.2. The van der Waals surface area contributed by atoms with Crippen molar-refractivity contribution in [1.29, 1.82) is 0 Å². The summed E-state index contributed by atoms with van der Waals surface area (Å²) >= 11 is 0. The number of hydrogen-bond acceptors (Lipinski definition) is 11. The van der Waals surface area contributed by atoms with Crippen molar-refractivity contribution in [3.8, 4) is 0 Å². The molecule has 63 heavy (non-hydrogen) atoms. The summed E-state index contributed by atoms with van der Waals surface area (Å²) in [7, 11) is 3.92. The summed E-state index contributed by atoms with van der Waals surface area (Å²) in [6.45, 7) is 10.7. The summed E-state index contributed by atoms with van der Waals surface area (Å²) in [5.74, 6) is 1.61. The number of oxazole rings is 1. The highest BCUT2D eigenvalue weighted by Gasteiger charge is 2.32. The van der Waals surface area contributed by atoms with E-state index in [1.165, 1.54) is 23.7 Å². The minimum Gasteiger partial charge on any atom is -0.447 e. The molecular formula is C47H64N10O6. The number of nitrogens with one attached hydrogen (secondary N) is 3. The first-order chi connectivity index (χ1) is 30.3. The van der Waals surface area contributed by atoms with Gasteiger partial charge in [-0.3, -0.25) is 33.5 Å². The molecule has 3 fully saturated rings. The molecule has 2 unspecified atom stereocenters. The third kappa shape index (κ3) is 10.7. The highest BCUT2D eigenvalue weighted by atomic mass is 16.5. The predicted octanol–water partition coefficient (Wildman–Crippen LogP) is 6.15. The summed E-state index contributed by atoms with van der Waals surface area (Å²) in [6.07, 6.45) is 18.1. The van der Waals surface area contributed by atoms with Gasteiger partial charge in [0.15, 0.2) is 5.69 Å². The number of nitrogens with zero attached hydrogens (tertiary/aromatic N) is 7. The largest absolute Gasteiger partial charge is 0.447 e. The van der Waals surface area contributed by atoms with Crippen LogP contribution in [0.5, 0.6) is 0 Å². The van der Waals surface area contributed by atoms with Crippen LogP contribution in [0.3, 0.4) is 0 Å². The number of benzene rings is 1. The van der Waals surface area contributed by atoms with Gasteiger partial charge in [0.1, 0.15) is 18.1 Å². The number of allylic oxidation sites excluding steroid dienone is 1. The van der Waals surface area contributed by atoms with Gasteiger partial charge in [-0.25, -0.2) is 14.8 Å². The molecule has 1 saturated heterocycles. The molecule has 2 aliphatic heterocycles. The Hall–Kier alpha value is -5.35. The Morgan fingerprint density at radius 1 is 1.02 bits per heavy atom. The van der Waals surface area contributed by atoms with Crippen LogP contribution < -0.4 is 21.6 Å². The van der Waals surface area contributed by atoms with Crippen molar-refractivity contribution in [3.63, 3.8) is 0 Å². The topological polar surface area (TPSA) is 183 Å². The molecule has 3 N–H and O–H groups in total. The smallest absolute Gasteiger partial charge is 0.329 e. The lowest BCUT2D eigenvalue weighted by atomic mass is 9.86. The number of hydrogen-bond donors (Lipinski definition) is 3. The SMILES string of the molecule is CN(CCCOCCCc1ccc2c(c1)n(C)c(=O)n2C1CCC(=O)NC1=O)CC1CCC(n2cc(NC(=O)c3coc(C4C=C(NCC5CC5)N=CC4)n3)c(C(C)(C)C)n2)CC1. The summed E-state index contributed by atoms with van der Waals surface area (Å²) in [5.41, 5.74) is 3.88. The quantitative estimate of drug-likeness (QED) is 0.0775. The number of amides is 3. The minimum atomic E-state index is -0.684. The van der Waals surface area contributed by atoms with Gasteiger partial charge in [0.05, 0.1) is 34.4 Å². The van der Waals surface area contributed by atoms with E-state index in [2.05, 4.69) is 63.3 Å². The second kappa shape index (κ2) is 19.2. The van der Waals surface area contributed by atoms with Crippen LogP contribution in [-0.2, 0) is 33.2 Å². The Balaban J connectivity index is 0.747. The third-order valence-electron chi connectivity index (χ3n) is 13.0. The van der Waals surface area contributed by atoms with Crippen molar-refractivity contribution in [2.45, 2.75) is 121 Å². The van der Waals surface area contributed by atoms with Gasteiger partial charge in [0, 0.05) is 64.1 Å². The molecule has 2 atom stereocenters. The van der Waals surface area contributed by atoms with E-state index in [9.17, 15) is 19.2 Å². The first kappa shape index (κ1) is 44.3. The molecule has 5 heterocycles. The molecule has 3 aromatic heterocycles. The molecule has 1 aromatic carbocycles. The fraction of sp³-hybridized carbons (Fsp3) is 0.596. The number of imidazole rings is 1. The number of aliphatic imine (C=N–C) groups is 1. The van der Waals surface area contributed by atoms with E-state index in [0.29, 0.717) is 49.1 Å². The van der Waals surface area contributed by atoms with Gasteiger partial charge in [-0.05, 0) is 113 Å². The summed E-state index contributed by atoms with van der Waals surface area (Å²) in [6, 6.07) is 5.52. The van der Waals surface area contributed by atoms with Gasteiger partial charge in [-0.2, -0.15) is 5.10 Å². The first-order valence-electron chi connectivity index (χ1n) is 22.9. The maximum absolute atomic E-state index is 13.5.